The van der Waals surface area contributed by atoms with Gasteiger partial charge in [-0.1, -0.05) is 0 Å². The van der Waals surface area contributed by atoms with Gasteiger partial charge in [0.1, 0.15) is 0 Å². The van der Waals surface area contributed by atoms with E-state index in [1.165, 1.54) is 0 Å². The highest BCUT2D eigenvalue weighted by atomic mass is 28.4. The SMILES string of the molecule is CCO[Si](OCC)(OCC)C(F)(F)C(F)(F)C(F)(F)NC(=O)F. The maximum Gasteiger partial charge on any atom is 0.582 e. The molecule has 0 aromatic rings. The van der Waals surface area contributed by atoms with Gasteiger partial charge in [0.15, 0.2) is 0 Å². The summed E-state index contributed by atoms with van der Waals surface area (Å²) in [6, 6.07) is -5.91. The molecular formula is C10H16F7NO4Si. The molecule has 23 heavy (non-hydrogen) atoms. The van der Waals surface area contributed by atoms with Gasteiger partial charge in [-0.15, -0.1) is 4.39 Å². The van der Waals surface area contributed by atoms with Crippen LogP contribution in [0.4, 0.5) is 35.5 Å². The van der Waals surface area contributed by atoms with Crippen LogP contribution in [-0.4, -0.2) is 52.3 Å². The van der Waals surface area contributed by atoms with Crippen molar-refractivity contribution in [2.75, 3.05) is 19.8 Å². The van der Waals surface area contributed by atoms with Gasteiger partial charge in [-0.25, -0.2) is 4.79 Å². The first kappa shape index (κ1) is 22.1. The van der Waals surface area contributed by atoms with Gasteiger partial charge < -0.3 is 13.3 Å². The van der Waals surface area contributed by atoms with Gasteiger partial charge in [-0.3, -0.25) is 5.32 Å². The molecule has 0 aliphatic heterocycles. The van der Waals surface area contributed by atoms with Gasteiger partial charge >= 0.3 is 32.5 Å². The number of rotatable bonds is 10. The molecule has 0 bridgehead atoms. The maximum absolute atomic E-state index is 14.2. The molecule has 0 fully saturated rings. The molecule has 0 saturated heterocycles. The van der Waals surface area contributed by atoms with Gasteiger partial charge in [0.2, 0.25) is 0 Å². The van der Waals surface area contributed by atoms with Crippen molar-refractivity contribution in [3.05, 3.63) is 0 Å². The highest BCUT2D eigenvalue weighted by molar-refractivity contribution is 6.63. The van der Waals surface area contributed by atoms with Crippen molar-refractivity contribution in [2.45, 2.75) is 38.3 Å². The summed E-state index contributed by atoms with van der Waals surface area (Å²) < 4.78 is 108. The number of halogens is 7. The van der Waals surface area contributed by atoms with E-state index in [2.05, 4.69) is 13.3 Å². The van der Waals surface area contributed by atoms with E-state index in [1.807, 2.05) is 0 Å². The Balaban J connectivity index is 6.04. The minimum Gasteiger partial charge on any atom is -0.370 e. The van der Waals surface area contributed by atoms with Crippen LogP contribution in [0.2, 0.25) is 0 Å². The molecule has 5 nitrogen and oxygen atoms in total. The molecule has 0 aromatic heterocycles. The molecule has 13 heteroatoms. The molecule has 0 aliphatic carbocycles. The van der Waals surface area contributed by atoms with Crippen LogP contribution in [0.25, 0.3) is 0 Å². The first-order valence-electron chi connectivity index (χ1n) is 6.38. The van der Waals surface area contributed by atoms with Crippen molar-refractivity contribution in [2.24, 2.45) is 0 Å². The number of carbonyl (C=O) groups excluding carboxylic acids is 1. The van der Waals surface area contributed by atoms with Crippen LogP contribution in [0.15, 0.2) is 0 Å². The lowest BCUT2D eigenvalue weighted by molar-refractivity contribution is -0.304. The van der Waals surface area contributed by atoms with Crippen molar-refractivity contribution in [3.63, 3.8) is 0 Å². The van der Waals surface area contributed by atoms with Crippen LogP contribution in [0.5, 0.6) is 0 Å². The van der Waals surface area contributed by atoms with Crippen LogP contribution in [0.3, 0.4) is 0 Å². The smallest absolute Gasteiger partial charge is 0.370 e. The maximum atomic E-state index is 14.2. The van der Waals surface area contributed by atoms with Crippen LogP contribution in [-0.2, 0) is 13.3 Å². The fourth-order valence-electron chi connectivity index (χ4n) is 1.56. The quantitative estimate of drug-likeness (QED) is 0.276. The summed E-state index contributed by atoms with van der Waals surface area (Å²) >= 11 is 0. The molecular weight excluding hydrogens is 359 g/mol. The summed E-state index contributed by atoms with van der Waals surface area (Å²) in [4.78, 5) is 9.94. The summed E-state index contributed by atoms with van der Waals surface area (Å²) in [6.45, 7) is 1.61. The number of amides is 1. The van der Waals surface area contributed by atoms with Gasteiger partial charge in [0, 0.05) is 19.8 Å². The Morgan fingerprint density at radius 1 is 0.913 bits per heavy atom. The van der Waals surface area contributed by atoms with E-state index in [0.717, 1.165) is 20.8 Å². The second-order valence-electron chi connectivity index (χ2n) is 3.98. The fraction of sp³-hybridized carbons (Fsp3) is 0.900. The zero-order valence-electron chi connectivity index (χ0n) is 12.4. The Morgan fingerprint density at radius 3 is 1.52 bits per heavy atom. The largest absolute Gasteiger partial charge is 0.582 e. The van der Waals surface area contributed by atoms with Crippen LogP contribution in [0, 0.1) is 0 Å². The van der Waals surface area contributed by atoms with E-state index in [4.69, 9.17) is 0 Å². The summed E-state index contributed by atoms with van der Waals surface area (Å²) in [7, 11) is -5.66. The second kappa shape index (κ2) is 7.77. The topological polar surface area (TPSA) is 56.8 Å². The molecule has 138 valence electrons. The summed E-state index contributed by atoms with van der Waals surface area (Å²) in [5.74, 6) is -6.24. The second-order valence-corrected chi connectivity index (χ2v) is 6.58. The zero-order chi connectivity index (χ0) is 18.5. The molecule has 0 atom stereocenters. The molecule has 0 saturated carbocycles. The zero-order valence-corrected chi connectivity index (χ0v) is 13.4. The minimum absolute atomic E-state index is 0.149. The van der Waals surface area contributed by atoms with Crippen LogP contribution < -0.4 is 5.32 Å². The lowest BCUT2D eigenvalue weighted by Gasteiger charge is -2.40. The molecule has 0 heterocycles. The number of alkyl halides is 6. The molecule has 1 N–H and O–H groups in total. The first-order valence-corrected chi connectivity index (χ1v) is 8.10. The van der Waals surface area contributed by atoms with Gasteiger partial charge in [-0.2, -0.15) is 26.3 Å². The van der Waals surface area contributed by atoms with Crippen molar-refractivity contribution >= 4 is 15.0 Å². The average molecular weight is 375 g/mol. The number of nitrogens with one attached hydrogen (secondary N) is 1. The Bertz CT molecular complexity index is 394. The van der Waals surface area contributed by atoms with Crippen molar-refractivity contribution in [3.8, 4) is 0 Å². The Morgan fingerprint density at radius 2 is 1.26 bits per heavy atom. The van der Waals surface area contributed by atoms with E-state index in [1.54, 1.807) is 0 Å². The minimum atomic E-state index is -6.24. The highest BCUT2D eigenvalue weighted by Gasteiger charge is 2.84. The lowest BCUT2D eigenvalue weighted by atomic mass is 10.3. The third-order valence-corrected chi connectivity index (χ3v) is 5.52. The van der Waals surface area contributed by atoms with Crippen LogP contribution >= 0.6 is 0 Å². The summed E-state index contributed by atoms with van der Waals surface area (Å²) in [5, 5.41) is -0.149. The van der Waals surface area contributed by atoms with E-state index in [-0.39, 0.29) is 5.32 Å². The van der Waals surface area contributed by atoms with E-state index < -0.39 is 52.3 Å². The van der Waals surface area contributed by atoms with Crippen molar-refractivity contribution in [1.29, 1.82) is 0 Å². The number of hydrogen-bond acceptors (Lipinski definition) is 4. The molecule has 0 unspecified atom stereocenters. The predicted molar refractivity (Wildman–Crippen MR) is 65.1 cm³/mol. The predicted octanol–water partition coefficient (Wildman–Crippen LogP) is 3.12. The first-order chi connectivity index (χ1) is 10.3. The molecule has 1 amide bonds. The highest BCUT2D eigenvalue weighted by Crippen LogP contribution is 2.49. The Kier molecular flexibility index (Phi) is 7.45. The monoisotopic (exact) mass is 375 g/mol. The van der Waals surface area contributed by atoms with Crippen molar-refractivity contribution in [1.82, 2.24) is 5.32 Å². The molecule has 0 radical (unpaired) electrons. The number of carbonyl (C=O) groups is 1. The standard InChI is InChI=1S/C10H16F7NO4Si/c1-4-20-23(21-5-2,22-6-3)10(16,17)8(12,13)9(14,15)18-7(11)19/h4-6H2,1-3H3,(H,18,19). The average Bonchev–Trinajstić information content (AvgIpc) is 2.37. The molecule has 0 aliphatic rings. The molecule has 0 spiro atoms. The van der Waals surface area contributed by atoms with Gasteiger partial charge in [0.25, 0.3) is 0 Å². The number of hydrogen-bond donors (Lipinski definition) is 1. The van der Waals surface area contributed by atoms with E-state index in [0.29, 0.717) is 0 Å². The normalized spacial score (nSPS) is 14.0. The summed E-state index contributed by atoms with van der Waals surface area (Å²) in [6.07, 6.45) is -3.11. The Hall–Kier alpha value is -0.923. The fourth-order valence-corrected chi connectivity index (χ4v) is 4.03. The molecule has 0 aromatic carbocycles. The lowest BCUT2D eigenvalue weighted by Crippen LogP contribution is -2.74. The van der Waals surface area contributed by atoms with Crippen molar-refractivity contribution < 1.29 is 48.8 Å². The molecule has 0 rings (SSSR count). The van der Waals surface area contributed by atoms with Gasteiger partial charge in [-0.05, 0) is 20.8 Å². The third-order valence-electron chi connectivity index (χ3n) is 2.43. The third kappa shape index (κ3) is 4.13. The Labute approximate surface area is 128 Å². The van der Waals surface area contributed by atoms with E-state index >= 15 is 0 Å². The van der Waals surface area contributed by atoms with Gasteiger partial charge in [0.05, 0.1) is 0 Å². The summed E-state index contributed by atoms with van der Waals surface area (Å²) in [5.41, 5.74) is -5.66. The van der Waals surface area contributed by atoms with E-state index in [9.17, 15) is 35.5 Å². The van der Waals surface area contributed by atoms with Crippen LogP contribution in [0.1, 0.15) is 20.8 Å².